The van der Waals surface area contributed by atoms with Crippen LogP contribution in [0.2, 0.25) is 0 Å². The first-order valence-electron chi connectivity index (χ1n) is 17.5. The van der Waals surface area contributed by atoms with Gasteiger partial charge in [-0.1, -0.05) is 123 Å². The van der Waals surface area contributed by atoms with E-state index in [4.69, 9.17) is 0 Å². The maximum absolute atomic E-state index is 2.73. The molecule has 214 valence electrons. The molecule has 0 heterocycles. The molecule has 0 heteroatoms. The van der Waals surface area contributed by atoms with E-state index in [0.717, 1.165) is 35.5 Å². The van der Waals surface area contributed by atoms with Gasteiger partial charge in [0.15, 0.2) is 0 Å². The van der Waals surface area contributed by atoms with Crippen molar-refractivity contribution < 1.29 is 0 Å². The first kappa shape index (κ1) is 29.9. The molecule has 0 bridgehead atoms. The first-order chi connectivity index (χ1) is 18.6. The molecule has 7 unspecified atom stereocenters. The molecule has 0 nitrogen and oxygen atoms in total. The predicted molar refractivity (Wildman–Crippen MR) is 168 cm³/mol. The highest BCUT2D eigenvalue weighted by Gasteiger charge is 2.47. The summed E-state index contributed by atoms with van der Waals surface area (Å²) in [5.41, 5.74) is 11.3. The maximum Gasteiger partial charge on any atom is 0.0211 e. The Morgan fingerprint density at radius 1 is 0.711 bits per heavy atom. The first-order valence-corrected chi connectivity index (χ1v) is 17.5. The molecule has 38 heavy (non-hydrogen) atoms. The van der Waals surface area contributed by atoms with Gasteiger partial charge in [0.25, 0.3) is 0 Å². The van der Waals surface area contributed by atoms with Gasteiger partial charge in [-0.3, -0.25) is 0 Å². The van der Waals surface area contributed by atoms with Gasteiger partial charge < -0.3 is 0 Å². The lowest BCUT2D eigenvalue weighted by Crippen LogP contribution is -2.37. The Morgan fingerprint density at radius 2 is 1.37 bits per heavy atom. The van der Waals surface area contributed by atoms with E-state index in [2.05, 4.69) is 60.6 Å². The van der Waals surface area contributed by atoms with E-state index >= 15 is 0 Å². The standard InChI is InChI=1S/C38H62/c1-8-15-18-26-21-22-31-32(19-16-9-2)38(33(20-17-10-3)36(31)25-26)35-24-23-34-29(13-6)27(11-4)28(12-5)30(14-7)37(34)35/h23-24,26-30,32,35H,8-22,25H2,1-7H3. The van der Waals surface area contributed by atoms with Crippen LogP contribution in [-0.2, 0) is 0 Å². The summed E-state index contributed by atoms with van der Waals surface area (Å²) in [6, 6.07) is 0. The van der Waals surface area contributed by atoms with Crippen molar-refractivity contribution in [2.75, 3.05) is 0 Å². The number of hydrogen-bond acceptors (Lipinski definition) is 0. The monoisotopic (exact) mass is 518 g/mol. The summed E-state index contributed by atoms with van der Waals surface area (Å²) < 4.78 is 0. The molecule has 0 aromatic rings. The molecule has 4 aliphatic rings. The summed E-state index contributed by atoms with van der Waals surface area (Å²) in [5, 5.41) is 0. The van der Waals surface area contributed by atoms with Crippen molar-refractivity contribution in [1.29, 1.82) is 0 Å². The summed E-state index contributed by atoms with van der Waals surface area (Å²) in [6.45, 7) is 17.1. The van der Waals surface area contributed by atoms with Crippen molar-refractivity contribution in [2.45, 2.75) is 151 Å². The minimum atomic E-state index is 0.601. The van der Waals surface area contributed by atoms with Crippen molar-refractivity contribution in [3.63, 3.8) is 0 Å². The molecule has 0 fully saturated rings. The number of rotatable bonds is 14. The second-order valence-electron chi connectivity index (χ2n) is 13.4. The fourth-order valence-corrected chi connectivity index (χ4v) is 9.75. The van der Waals surface area contributed by atoms with Crippen LogP contribution in [0.4, 0.5) is 0 Å². The van der Waals surface area contributed by atoms with Gasteiger partial charge in [-0.25, -0.2) is 0 Å². The molecule has 0 saturated heterocycles. The van der Waals surface area contributed by atoms with Gasteiger partial charge in [0, 0.05) is 11.8 Å². The molecule has 4 aliphatic carbocycles. The van der Waals surface area contributed by atoms with Gasteiger partial charge in [0.05, 0.1) is 0 Å². The SMILES string of the molecule is CCCCC1=C(C2C=CC3=C2C(CC)C(CC)C(CC)C3CC)C(CCCC)C2=C1CC(CCCC)CC2. The van der Waals surface area contributed by atoms with Crippen LogP contribution < -0.4 is 0 Å². The Labute approximate surface area is 237 Å². The Bertz CT molecular complexity index is 906. The van der Waals surface area contributed by atoms with Crippen LogP contribution in [0.5, 0.6) is 0 Å². The lowest BCUT2D eigenvalue weighted by molar-refractivity contribution is 0.152. The highest BCUT2D eigenvalue weighted by atomic mass is 14.5. The fraction of sp³-hybridized carbons (Fsp3) is 0.789. The van der Waals surface area contributed by atoms with E-state index in [1.165, 1.54) is 103 Å². The molecular formula is C38H62. The number of hydrogen-bond donors (Lipinski definition) is 0. The van der Waals surface area contributed by atoms with Crippen LogP contribution in [0.25, 0.3) is 0 Å². The third kappa shape index (κ3) is 5.59. The zero-order valence-corrected chi connectivity index (χ0v) is 26.5. The lowest BCUT2D eigenvalue weighted by atomic mass is 9.59. The smallest absolute Gasteiger partial charge is 0.0211 e. The van der Waals surface area contributed by atoms with Crippen LogP contribution >= 0.6 is 0 Å². The van der Waals surface area contributed by atoms with Crippen LogP contribution in [0.3, 0.4) is 0 Å². The third-order valence-corrected chi connectivity index (χ3v) is 11.5. The Hall–Kier alpha value is -1.04. The van der Waals surface area contributed by atoms with Crippen LogP contribution in [0.1, 0.15) is 151 Å². The molecular weight excluding hydrogens is 456 g/mol. The second-order valence-corrected chi connectivity index (χ2v) is 13.4. The van der Waals surface area contributed by atoms with Gasteiger partial charge in [0.2, 0.25) is 0 Å². The van der Waals surface area contributed by atoms with Gasteiger partial charge in [-0.05, 0) is 103 Å². The summed E-state index contributed by atoms with van der Waals surface area (Å²) in [5.74, 6) is 5.58. The molecule has 7 atom stereocenters. The van der Waals surface area contributed by atoms with Gasteiger partial charge in [0.1, 0.15) is 0 Å². The molecule has 4 rings (SSSR count). The van der Waals surface area contributed by atoms with Crippen LogP contribution in [0, 0.1) is 41.4 Å². The van der Waals surface area contributed by atoms with Gasteiger partial charge >= 0.3 is 0 Å². The average Bonchev–Trinajstić information content (AvgIpc) is 3.50. The van der Waals surface area contributed by atoms with Crippen LogP contribution in [-0.4, -0.2) is 0 Å². The summed E-state index contributed by atoms with van der Waals surface area (Å²) in [4.78, 5) is 0. The molecule has 0 N–H and O–H groups in total. The van der Waals surface area contributed by atoms with Crippen molar-refractivity contribution >= 4 is 0 Å². The zero-order valence-electron chi connectivity index (χ0n) is 26.5. The van der Waals surface area contributed by atoms with Crippen molar-refractivity contribution in [3.05, 3.63) is 45.6 Å². The molecule has 0 spiro atoms. The molecule has 0 radical (unpaired) electrons. The predicted octanol–water partition coefficient (Wildman–Crippen LogP) is 12.2. The third-order valence-electron chi connectivity index (χ3n) is 11.5. The van der Waals surface area contributed by atoms with E-state index in [1.54, 1.807) is 5.57 Å². The van der Waals surface area contributed by atoms with Crippen molar-refractivity contribution in [3.8, 4) is 0 Å². The molecule has 0 aromatic heterocycles. The van der Waals surface area contributed by atoms with Crippen molar-refractivity contribution in [2.24, 2.45) is 41.4 Å². The van der Waals surface area contributed by atoms with E-state index in [0.29, 0.717) is 5.92 Å². The normalized spacial score (nSPS) is 33.0. The molecule has 0 saturated carbocycles. The Kier molecular flexibility index (Phi) is 11.1. The summed E-state index contributed by atoms with van der Waals surface area (Å²) >= 11 is 0. The Morgan fingerprint density at radius 3 is 2.00 bits per heavy atom. The van der Waals surface area contributed by atoms with Crippen molar-refractivity contribution in [1.82, 2.24) is 0 Å². The lowest BCUT2D eigenvalue weighted by Gasteiger charge is -2.45. The van der Waals surface area contributed by atoms with E-state index in [1.807, 2.05) is 27.9 Å². The zero-order chi connectivity index (χ0) is 27.2. The van der Waals surface area contributed by atoms with Gasteiger partial charge in [-0.15, -0.1) is 0 Å². The quantitative estimate of drug-likeness (QED) is 0.214. The fourth-order valence-electron chi connectivity index (χ4n) is 9.75. The van der Waals surface area contributed by atoms with E-state index in [-0.39, 0.29) is 0 Å². The van der Waals surface area contributed by atoms with Crippen LogP contribution in [0.15, 0.2) is 45.6 Å². The average molecular weight is 519 g/mol. The summed E-state index contributed by atoms with van der Waals surface area (Å²) in [6.07, 6.45) is 27.3. The Balaban J connectivity index is 1.81. The highest BCUT2D eigenvalue weighted by molar-refractivity contribution is 5.58. The molecule has 0 amide bonds. The minimum absolute atomic E-state index is 0.601. The highest BCUT2D eigenvalue weighted by Crippen LogP contribution is 2.59. The number of allylic oxidation sites excluding steroid dienone is 8. The van der Waals surface area contributed by atoms with Gasteiger partial charge in [-0.2, -0.15) is 0 Å². The largest absolute Gasteiger partial charge is 0.0730 e. The molecule has 0 aromatic carbocycles. The minimum Gasteiger partial charge on any atom is -0.0730 e. The molecule has 0 aliphatic heterocycles. The number of unbranched alkanes of at least 4 members (excludes halogenated alkanes) is 3. The maximum atomic E-state index is 2.73. The van der Waals surface area contributed by atoms with E-state index < -0.39 is 0 Å². The van der Waals surface area contributed by atoms with E-state index in [9.17, 15) is 0 Å². The second kappa shape index (κ2) is 14.0. The topological polar surface area (TPSA) is 0 Å². The summed E-state index contributed by atoms with van der Waals surface area (Å²) in [7, 11) is 0.